The lowest BCUT2D eigenvalue weighted by atomic mass is 10.1. The molecular weight excluding hydrogens is 284 g/mol. The lowest BCUT2D eigenvalue weighted by Crippen LogP contribution is -2.31. The van der Waals surface area contributed by atoms with Gasteiger partial charge in [0.25, 0.3) is 5.69 Å². The Morgan fingerprint density at radius 3 is 2.53 bits per heavy atom. The first kappa shape index (κ1) is 14.0. The van der Waals surface area contributed by atoms with Crippen LogP contribution >= 0.6 is 15.9 Å². The third-order valence-corrected chi connectivity index (χ3v) is 3.30. The minimum Gasteiger partial charge on any atom is -0.369 e. The molecule has 0 radical (unpaired) electrons. The van der Waals surface area contributed by atoms with Gasteiger partial charge >= 0.3 is 0 Å². The van der Waals surface area contributed by atoms with Crippen LogP contribution in [-0.2, 0) is 5.33 Å². The number of rotatable bonds is 5. The van der Waals surface area contributed by atoms with Crippen LogP contribution < -0.4 is 4.90 Å². The number of non-ortho nitro benzene ring substituents is 1. The van der Waals surface area contributed by atoms with Crippen molar-refractivity contribution in [3.63, 3.8) is 0 Å². The van der Waals surface area contributed by atoms with Crippen LogP contribution in [0.3, 0.4) is 0 Å². The summed E-state index contributed by atoms with van der Waals surface area (Å²) < 4.78 is 0. The summed E-state index contributed by atoms with van der Waals surface area (Å²) in [5.74, 6) is 0. The number of nitro benzene ring substituents is 1. The maximum Gasteiger partial charge on any atom is 0.269 e. The molecule has 1 rings (SSSR count). The van der Waals surface area contributed by atoms with Gasteiger partial charge in [0.05, 0.1) is 4.92 Å². The van der Waals surface area contributed by atoms with Gasteiger partial charge in [-0.1, -0.05) is 15.9 Å². The first-order chi connectivity index (χ1) is 8.01. The average molecular weight is 301 g/mol. The highest BCUT2D eigenvalue weighted by Crippen LogP contribution is 2.28. The van der Waals surface area contributed by atoms with E-state index in [0.717, 1.165) is 17.8 Å². The van der Waals surface area contributed by atoms with E-state index >= 15 is 0 Å². The average Bonchev–Trinajstić information content (AvgIpc) is 2.29. The van der Waals surface area contributed by atoms with E-state index in [-0.39, 0.29) is 10.6 Å². The molecule has 0 amide bonds. The molecule has 4 nitrogen and oxygen atoms in total. The largest absolute Gasteiger partial charge is 0.369 e. The molecule has 0 bridgehead atoms. The second-order valence-electron chi connectivity index (χ2n) is 4.08. The molecule has 5 heteroatoms. The molecular formula is C12H17BrN2O2. The number of hydrogen-bond acceptors (Lipinski definition) is 3. The van der Waals surface area contributed by atoms with E-state index in [2.05, 4.69) is 41.6 Å². The third kappa shape index (κ3) is 3.19. The van der Waals surface area contributed by atoms with Gasteiger partial charge in [0.1, 0.15) is 0 Å². The van der Waals surface area contributed by atoms with Gasteiger partial charge in [-0.2, -0.15) is 0 Å². The van der Waals surface area contributed by atoms with Crippen LogP contribution in [0.25, 0.3) is 0 Å². The fraction of sp³-hybridized carbons (Fsp3) is 0.500. The van der Waals surface area contributed by atoms with Crippen molar-refractivity contribution in [2.75, 3.05) is 11.4 Å². The third-order valence-electron chi connectivity index (χ3n) is 2.69. The summed E-state index contributed by atoms with van der Waals surface area (Å²) in [6, 6.07) is 5.40. The zero-order chi connectivity index (χ0) is 13.0. The fourth-order valence-electron chi connectivity index (χ4n) is 1.89. The number of halogens is 1. The summed E-state index contributed by atoms with van der Waals surface area (Å²) in [5.41, 5.74) is 2.16. The van der Waals surface area contributed by atoms with Crippen LogP contribution in [0, 0.1) is 10.1 Å². The van der Waals surface area contributed by atoms with E-state index in [1.54, 1.807) is 12.1 Å². The maximum absolute atomic E-state index is 10.7. The highest BCUT2D eigenvalue weighted by molar-refractivity contribution is 9.08. The summed E-state index contributed by atoms with van der Waals surface area (Å²) >= 11 is 3.39. The van der Waals surface area contributed by atoms with Crippen molar-refractivity contribution in [1.29, 1.82) is 0 Å². The van der Waals surface area contributed by atoms with Crippen LogP contribution in [-0.4, -0.2) is 17.5 Å². The molecule has 1 aromatic rings. The highest BCUT2D eigenvalue weighted by Gasteiger charge is 2.15. The Labute approximate surface area is 110 Å². The SMILES string of the molecule is CCN(c1ccc([N+](=O)[O-])cc1CBr)C(C)C. The summed E-state index contributed by atoms with van der Waals surface area (Å²) in [7, 11) is 0. The van der Waals surface area contributed by atoms with E-state index in [1.807, 2.05) is 6.07 Å². The number of anilines is 1. The number of alkyl halides is 1. The van der Waals surface area contributed by atoms with Crippen LogP contribution in [0.5, 0.6) is 0 Å². The van der Waals surface area contributed by atoms with Crippen molar-refractivity contribution in [3.8, 4) is 0 Å². The first-order valence-electron chi connectivity index (χ1n) is 5.61. The Morgan fingerprint density at radius 2 is 2.12 bits per heavy atom. The van der Waals surface area contributed by atoms with Gasteiger partial charge in [-0.3, -0.25) is 10.1 Å². The predicted molar refractivity (Wildman–Crippen MR) is 73.9 cm³/mol. The van der Waals surface area contributed by atoms with Gasteiger partial charge in [-0.15, -0.1) is 0 Å². The van der Waals surface area contributed by atoms with Gasteiger partial charge < -0.3 is 4.90 Å². The summed E-state index contributed by atoms with van der Waals surface area (Å²) in [4.78, 5) is 12.6. The first-order valence-corrected chi connectivity index (χ1v) is 6.73. The molecule has 1 aromatic carbocycles. The molecule has 0 unspecified atom stereocenters. The molecule has 0 N–H and O–H groups in total. The van der Waals surface area contributed by atoms with E-state index in [9.17, 15) is 10.1 Å². The topological polar surface area (TPSA) is 46.4 Å². The van der Waals surface area contributed by atoms with Crippen LogP contribution in [0.15, 0.2) is 18.2 Å². The van der Waals surface area contributed by atoms with Crippen molar-refractivity contribution in [2.24, 2.45) is 0 Å². The van der Waals surface area contributed by atoms with Crippen molar-refractivity contribution < 1.29 is 4.92 Å². The fourth-order valence-corrected chi connectivity index (χ4v) is 2.34. The number of benzene rings is 1. The molecule has 0 atom stereocenters. The zero-order valence-electron chi connectivity index (χ0n) is 10.3. The highest BCUT2D eigenvalue weighted by atomic mass is 79.9. The molecule has 0 heterocycles. The minimum absolute atomic E-state index is 0.142. The summed E-state index contributed by atoms with van der Waals surface area (Å²) in [6.07, 6.45) is 0. The molecule has 0 aliphatic heterocycles. The van der Waals surface area contributed by atoms with Crippen molar-refractivity contribution >= 4 is 27.3 Å². The maximum atomic E-state index is 10.7. The van der Waals surface area contributed by atoms with E-state index < -0.39 is 0 Å². The van der Waals surface area contributed by atoms with E-state index in [1.165, 1.54) is 0 Å². The van der Waals surface area contributed by atoms with E-state index in [0.29, 0.717) is 11.4 Å². The Kier molecular flexibility index (Phi) is 4.93. The second-order valence-corrected chi connectivity index (χ2v) is 4.64. The Balaban J connectivity index is 3.20. The molecule has 0 spiro atoms. The Bertz CT molecular complexity index is 407. The van der Waals surface area contributed by atoms with E-state index in [4.69, 9.17) is 0 Å². The standard InChI is InChI=1S/C12H17BrN2O2/c1-4-14(9(2)3)12-6-5-11(15(16)17)7-10(12)8-13/h5-7,9H,4,8H2,1-3H3. The lowest BCUT2D eigenvalue weighted by Gasteiger charge is -2.29. The summed E-state index contributed by atoms with van der Waals surface area (Å²) in [5, 5.41) is 11.3. The van der Waals surface area contributed by atoms with Gasteiger partial charge in [0.2, 0.25) is 0 Å². The molecule has 0 aliphatic rings. The normalized spacial score (nSPS) is 10.6. The number of nitro groups is 1. The molecule has 17 heavy (non-hydrogen) atoms. The predicted octanol–water partition coefficient (Wildman–Crippen LogP) is 3.72. The zero-order valence-corrected chi connectivity index (χ0v) is 11.9. The molecule has 0 saturated carbocycles. The van der Waals surface area contributed by atoms with Crippen molar-refractivity contribution in [1.82, 2.24) is 0 Å². The van der Waals surface area contributed by atoms with Gasteiger partial charge in [-0.05, 0) is 32.4 Å². The van der Waals surface area contributed by atoms with Gasteiger partial charge in [-0.25, -0.2) is 0 Å². The van der Waals surface area contributed by atoms with Crippen LogP contribution in [0.4, 0.5) is 11.4 Å². The minimum atomic E-state index is -0.360. The quantitative estimate of drug-likeness (QED) is 0.473. The van der Waals surface area contributed by atoms with Crippen molar-refractivity contribution in [2.45, 2.75) is 32.1 Å². The Hall–Kier alpha value is -1.10. The van der Waals surface area contributed by atoms with Gasteiger partial charge in [0, 0.05) is 35.7 Å². The molecule has 0 aromatic heterocycles. The Morgan fingerprint density at radius 1 is 1.47 bits per heavy atom. The molecule has 0 saturated heterocycles. The monoisotopic (exact) mass is 300 g/mol. The van der Waals surface area contributed by atoms with Crippen molar-refractivity contribution in [3.05, 3.63) is 33.9 Å². The smallest absolute Gasteiger partial charge is 0.269 e. The molecule has 0 aliphatic carbocycles. The molecule has 94 valence electrons. The second kappa shape index (κ2) is 6.00. The summed E-state index contributed by atoms with van der Waals surface area (Å²) in [6.45, 7) is 7.20. The van der Waals surface area contributed by atoms with Crippen LogP contribution in [0.1, 0.15) is 26.3 Å². The lowest BCUT2D eigenvalue weighted by molar-refractivity contribution is -0.384. The number of hydrogen-bond donors (Lipinski definition) is 0. The molecule has 0 fully saturated rings. The van der Waals surface area contributed by atoms with Gasteiger partial charge in [0.15, 0.2) is 0 Å². The number of nitrogens with zero attached hydrogens (tertiary/aromatic N) is 2. The van der Waals surface area contributed by atoms with Crippen LogP contribution in [0.2, 0.25) is 0 Å².